The molecular formula is C11H15FO3S. The highest BCUT2D eigenvalue weighted by atomic mass is 32.2. The molecule has 0 amide bonds. The molecule has 0 spiro atoms. The summed E-state index contributed by atoms with van der Waals surface area (Å²) >= 11 is 1.21. The van der Waals surface area contributed by atoms with E-state index in [2.05, 4.69) is 0 Å². The van der Waals surface area contributed by atoms with Gasteiger partial charge in [-0.1, -0.05) is 6.07 Å². The van der Waals surface area contributed by atoms with Gasteiger partial charge in [0.2, 0.25) is 0 Å². The van der Waals surface area contributed by atoms with Gasteiger partial charge in [0.15, 0.2) is 0 Å². The van der Waals surface area contributed by atoms with Gasteiger partial charge in [0, 0.05) is 16.2 Å². The van der Waals surface area contributed by atoms with Crippen molar-refractivity contribution in [3.63, 3.8) is 0 Å². The van der Waals surface area contributed by atoms with Crippen LogP contribution in [0.15, 0.2) is 23.1 Å². The van der Waals surface area contributed by atoms with Gasteiger partial charge >= 0.3 is 0 Å². The van der Waals surface area contributed by atoms with Crippen LogP contribution < -0.4 is 0 Å². The van der Waals surface area contributed by atoms with E-state index in [1.165, 1.54) is 24.8 Å². The van der Waals surface area contributed by atoms with Crippen molar-refractivity contribution in [3.05, 3.63) is 29.6 Å². The molecule has 0 aliphatic heterocycles. The molecule has 2 atom stereocenters. The number of hydrogen-bond acceptors (Lipinski definition) is 4. The summed E-state index contributed by atoms with van der Waals surface area (Å²) in [6, 6.07) is 4.52. The molecule has 0 aliphatic rings. The maximum Gasteiger partial charge on any atom is 0.130 e. The van der Waals surface area contributed by atoms with E-state index in [1.807, 2.05) is 0 Å². The van der Waals surface area contributed by atoms with E-state index in [-0.39, 0.29) is 17.9 Å². The lowest BCUT2D eigenvalue weighted by Gasteiger charge is -2.13. The van der Waals surface area contributed by atoms with Crippen LogP contribution in [-0.2, 0) is 0 Å². The average molecular weight is 246 g/mol. The van der Waals surface area contributed by atoms with Gasteiger partial charge < -0.3 is 15.3 Å². The summed E-state index contributed by atoms with van der Waals surface area (Å²) < 4.78 is 13.4. The quantitative estimate of drug-likeness (QED) is 0.686. The summed E-state index contributed by atoms with van der Waals surface area (Å²) in [4.78, 5) is 0.586. The Bertz CT molecular complexity index is 344. The summed E-state index contributed by atoms with van der Waals surface area (Å²) in [5.41, 5.74) is 0.234. The maximum atomic E-state index is 13.4. The van der Waals surface area contributed by atoms with Crippen LogP contribution in [-0.4, -0.2) is 33.8 Å². The molecule has 3 nitrogen and oxygen atoms in total. The fraction of sp³-hybridized carbons (Fsp3) is 0.455. The van der Waals surface area contributed by atoms with E-state index in [0.29, 0.717) is 4.90 Å². The van der Waals surface area contributed by atoms with Gasteiger partial charge in [-0.05, 0) is 19.1 Å². The average Bonchev–Trinajstić information content (AvgIpc) is 2.25. The van der Waals surface area contributed by atoms with Crippen molar-refractivity contribution in [1.82, 2.24) is 0 Å². The fourth-order valence-corrected chi connectivity index (χ4v) is 2.36. The summed E-state index contributed by atoms with van der Waals surface area (Å²) in [6.07, 6.45) is -1.73. The molecule has 0 aromatic heterocycles. The first-order valence-electron chi connectivity index (χ1n) is 4.94. The number of aliphatic hydroxyl groups excluding tert-OH is 3. The lowest BCUT2D eigenvalue weighted by Crippen LogP contribution is -2.14. The van der Waals surface area contributed by atoms with E-state index >= 15 is 0 Å². The van der Waals surface area contributed by atoms with Gasteiger partial charge in [-0.2, -0.15) is 0 Å². The Morgan fingerprint density at radius 2 is 2.06 bits per heavy atom. The predicted octanol–water partition coefficient (Wildman–Crippen LogP) is 1.32. The molecule has 3 N–H and O–H groups in total. The fourth-order valence-electron chi connectivity index (χ4n) is 1.29. The van der Waals surface area contributed by atoms with Crippen LogP contribution in [0.2, 0.25) is 0 Å². The summed E-state index contributed by atoms with van der Waals surface area (Å²) in [5.74, 6) is -0.196. The lowest BCUT2D eigenvalue weighted by atomic mass is 10.1. The second-order valence-corrected chi connectivity index (χ2v) is 4.54. The molecule has 1 aromatic rings. The van der Waals surface area contributed by atoms with E-state index in [4.69, 9.17) is 5.11 Å². The van der Waals surface area contributed by atoms with Crippen molar-refractivity contribution in [3.8, 4) is 0 Å². The zero-order chi connectivity index (χ0) is 12.1. The van der Waals surface area contributed by atoms with E-state index in [9.17, 15) is 14.6 Å². The first-order chi connectivity index (χ1) is 7.56. The molecule has 1 aromatic carbocycles. The Kier molecular flexibility index (Phi) is 5.21. The Balaban J connectivity index is 2.83. The van der Waals surface area contributed by atoms with Gasteiger partial charge in [-0.25, -0.2) is 4.39 Å². The number of rotatable bonds is 5. The molecule has 1 unspecified atom stereocenters. The monoisotopic (exact) mass is 246 g/mol. The van der Waals surface area contributed by atoms with Gasteiger partial charge in [0.1, 0.15) is 5.82 Å². The third-order valence-corrected chi connectivity index (χ3v) is 3.29. The van der Waals surface area contributed by atoms with Crippen LogP contribution in [0.25, 0.3) is 0 Å². The van der Waals surface area contributed by atoms with Gasteiger partial charge in [-0.15, -0.1) is 11.8 Å². The highest BCUT2D eigenvalue weighted by molar-refractivity contribution is 7.99. The smallest absolute Gasteiger partial charge is 0.130 e. The van der Waals surface area contributed by atoms with E-state index in [1.54, 1.807) is 12.1 Å². The molecule has 5 heteroatoms. The molecule has 0 aliphatic carbocycles. The SMILES string of the molecule is C[C@@H](O)c1c(F)cccc1SCC(O)CO. The summed E-state index contributed by atoms with van der Waals surface area (Å²) in [6.45, 7) is 1.16. The van der Waals surface area contributed by atoms with Crippen molar-refractivity contribution in [2.24, 2.45) is 0 Å². The Hall–Kier alpha value is -0.620. The van der Waals surface area contributed by atoms with Crippen LogP contribution in [0, 0.1) is 5.82 Å². The number of halogens is 1. The Morgan fingerprint density at radius 3 is 2.62 bits per heavy atom. The standard InChI is InChI=1S/C11H15FO3S/c1-7(14)11-9(12)3-2-4-10(11)16-6-8(15)5-13/h2-4,7-8,13-15H,5-6H2,1H3/t7-,8?/m1/s1. The number of thioether (sulfide) groups is 1. The first-order valence-corrected chi connectivity index (χ1v) is 5.93. The Morgan fingerprint density at radius 1 is 1.38 bits per heavy atom. The van der Waals surface area contributed by atoms with Gasteiger partial charge in [0.25, 0.3) is 0 Å². The molecule has 1 rings (SSSR count). The molecule has 0 bridgehead atoms. The van der Waals surface area contributed by atoms with Crippen molar-refractivity contribution < 1.29 is 19.7 Å². The molecule has 0 heterocycles. The molecular weight excluding hydrogens is 231 g/mol. The molecule has 0 fully saturated rings. The van der Waals surface area contributed by atoms with Crippen LogP contribution in [0.5, 0.6) is 0 Å². The molecule has 0 radical (unpaired) electrons. The van der Waals surface area contributed by atoms with Gasteiger partial charge in [0.05, 0.1) is 18.8 Å². The van der Waals surface area contributed by atoms with E-state index < -0.39 is 18.0 Å². The summed E-state index contributed by atoms with van der Waals surface area (Å²) in [7, 11) is 0. The lowest BCUT2D eigenvalue weighted by molar-refractivity contribution is 0.113. The zero-order valence-corrected chi connectivity index (χ0v) is 9.75. The van der Waals surface area contributed by atoms with Crippen LogP contribution >= 0.6 is 11.8 Å². The second kappa shape index (κ2) is 6.20. The maximum absolute atomic E-state index is 13.4. The minimum absolute atomic E-state index is 0.234. The third kappa shape index (κ3) is 3.45. The van der Waals surface area contributed by atoms with Crippen LogP contribution in [0.4, 0.5) is 4.39 Å². The van der Waals surface area contributed by atoms with Crippen molar-refractivity contribution in [1.29, 1.82) is 0 Å². The largest absolute Gasteiger partial charge is 0.394 e. The molecule has 90 valence electrons. The molecule has 0 saturated heterocycles. The van der Waals surface area contributed by atoms with Crippen molar-refractivity contribution in [2.75, 3.05) is 12.4 Å². The third-order valence-electron chi connectivity index (χ3n) is 2.07. The van der Waals surface area contributed by atoms with Gasteiger partial charge in [-0.3, -0.25) is 0 Å². The molecule has 0 saturated carbocycles. The minimum Gasteiger partial charge on any atom is -0.394 e. The number of hydrogen-bond donors (Lipinski definition) is 3. The normalized spacial score (nSPS) is 14.8. The predicted molar refractivity (Wildman–Crippen MR) is 60.9 cm³/mol. The van der Waals surface area contributed by atoms with Crippen LogP contribution in [0.1, 0.15) is 18.6 Å². The highest BCUT2D eigenvalue weighted by Crippen LogP contribution is 2.29. The van der Waals surface area contributed by atoms with Crippen LogP contribution in [0.3, 0.4) is 0 Å². The number of aliphatic hydroxyl groups is 3. The first kappa shape index (κ1) is 13.4. The van der Waals surface area contributed by atoms with Crippen molar-refractivity contribution >= 4 is 11.8 Å². The number of benzene rings is 1. The Labute approximate surface area is 97.9 Å². The topological polar surface area (TPSA) is 60.7 Å². The molecule has 16 heavy (non-hydrogen) atoms. The highest BCUT2D eigenvalue weighted by Gasteiger charge is 2.14. The zero-order valence-electron chi connectivity index (χ0n) is 8.93. The summed E-state index contributed by atoms with van der Waals surface area (Å²) in [5, 5.41) is 27.3. The second-order valence-electron chi connectivity index (χ2n) is 3.48. The minimum atomic E-state index is -0.894. The van der Waals surface area contributed by atoms with Crippen molar-refractivity contribution in [2.45, 2.75) is 24.0 Å². The van der Waals surface area contributed by atoms with E-state index in [0.717, 1.165) is 0 Å².